The molecule has 0 radical (unpaired) electrons. The Labute approximate surface area is 114 Å². The van der Waals surface area contributed by atoms with Crippen LogP contribution in [0.3, 0.4) is 0 Å². The van der Waals surface area contributed by atoms with Gasteiger partial charge in [0.2, 0.25) is 5.88 Å². The summed E-state index contributed by atoms with van der Waals surface area (Å²) in [5.74, 6) is 1.64. The van der Waals surface area contributed by atoms with Crippen LogP contribution in [0.25, 0.3) is 0 Å². The van der Waals surface area contributed by atoms with E-state index >= 15 is 0 Å². The molecule has 0 spiro atoms. The van der Waals surface area contributed by atoms with Gasteiger partial charge >= 0.3 is 0 Å². The molecule has 0 aliphatic heterocycles. The Morgan fingerprint density at radius 3 is 2.68 bits per heavy atom. The maximum absolute atomic E-state index is 6.01. The Kier molecular flexibility index (Phi) is 4.22. The second-order valence-corrected chi connectivity index (χ2v) is 4.64. The normalized spacial score (nSPS) is 12.4. The van der Waals surface area contributed by atoms with E-state index in [-0.39, 0.29) is 0 Å². The van der Waals surface area contributed by atoms with E-state index in [4.69, 9.17) is 4.74 Å². The van der Waals surface area contributed by atoms with Crippen LogP contribution in [-0.4, -0.2) is 16.8 Å². The summed E-state index contributed by atoms with van der Waals surface area (Å²) in [7, 11) is 3.86. The van der Waals surface area contributed by atoms with Crippen LogP contribution in [0, 0.1) is 6.92 Å². The molecule has 2 aromatic rings. The predicted octanol–water partition coefficient (Wildman–Crippen LogP) is 3.19. The standard InChI is InChI=1S/C15H21N3O/c1-5-13(16-3)12-8-6-7-9-14(12)19-15-10-11(2)17-18(15)4/h6-10,13,16H,5H2,1-4H3. The highest BCUT2D eigenvalue weighted by atomic mass is 16.5. The first-order chi connectivity index (χ1) is 9.15. The Morgan fingerprint density at radius 2 is 2.11 bits per heavy atom. The number of nitrogens with one attached hydrogen (secondary N) is 1. The van der Waals surface area contributed by atoms with E-state index in [9.17, 15) is 0 Å². The molecule has 0 saturated heterocycles. The molecule has 2 rings (SSSR count). The lowest BCUT2D eigenvalue weighted by Gasteiger charge is -2.18. The molecule has 1 unspecified atom stereocenters. The van der Waals surface area contributed by atoms with Crippen molar-refractivity contribution >= 4 is 0 Å². The van der Waals surface area contributed by atoms with Gasteiger partial charge in [-0.25, -0.2) is 4.68 Å². The highest BCUT2D eigenvalue weighted by Gasteiger charge is 2.14. The minimum atomic E-state index is 0.297. The monoisotopic (exact) mass is 259 g/mol. The van der Waals surface area contributed by atoms with Crippen molar-refractivity contribution in [3.63, 3.8) is 0 Å². The van der Waals surface area contributed by atoms with Gasteiger partial charge in [0.1, 0.15) is 5.75 Å². The van der Waals surface area contributed by atoms with Crippen LogP contribution in [0.4, 0.5) is 0 Å². The second-order valence-electron chi connectivity index (χ2n) is 4.64. The summed E-state index contributed by atoms with van der Waals surface area (Å²) in [5, 5.41) is 7.61. The first-order valence-corrected chi connectivity index (χ1v) is 6.60. The Bertz CT molecular complexity index is 544. The SMILES string of the molecule is CCC(NC)c1ccccc1Oc1cc(C)nn1C. The summed E-state index contributed by atoms with van der Waals surface area (Å²) in [6.45, 7) is 4.12. The van der Waals surface area contributed by atoms with Gasteiger partial charge in [-0.05, 0) is 26.5 Å². The van der Waals surface area contributed by atoms with E-state index in [1.54, 1.807) is 4.68 Å². The van der Waals surface area contributed by atoms with Gasteiger partial charge in [0.25, 0.3) is 0 Å². The van der Waals surface area contributed by atoms with Gasteiger partial charge in [-0.2, -0.15) is 5.10 Å². The van der Waals surface area contributed by atoms with Gasteiger partial charge in [-0.15, -0.1) is 0 Å². The van der Waals surface area contributed by atoms with Crippen LogP contribution in [0.15, 0.2) is 30.3 Å². The van der Waals surface area contributed by atoms with Crippen LogP contribution in [0.5, 0.6) is 11.6 Å². The van der Waals surface area contributed by atoms with Gasteiger partial charge < -0.3 is 10.1 Å². The third kappa shape index (κ3) is 2.96. The maximum Gasteiger partial charge on any atom is 0.217 e. The quantitative estimate of drug-likeness (QED) is 0.896. The van der Waals surface area contributed by atoms with E-state index < -0.39 is 0 Å². The largest absolute Gasteiger partial charge is 0.439 e. The molecule has 19 heavy (non-hydrogen) atoms. The zero-order valence-electron chi connectivity index (χ0n) is 12.0. The average molecular weight is 259 g/mol. The Balaban J connectivity index is 2.32. The summed E-state index contributed by atoms with van der Waals surface area (Å²) >= 11 is 0. The highest BCUT2D eigenvalue weighted by molar-refractivity contribution is 5.38. The first kappa shape index (κ1) is 13.6. The van der Waals surface area contributed by atoms with Crippen LogP contribution in [-0.2, 0) is 7.05 Å². The van der Waals surface area contributed by atoms with E-state index in [2.05, 4.69) is 23.4 Å². The number of aromatic nitrogens is 2. The van der Waals surface area contributed by atoms with Gasteiger partial charge in [0, 0.05) is 24.7 Å². The molecule has 0 fully saturated rings. The van der Waals surface area contributed by atoms with Crippen molar-refractivity contribution < 1.29 is 4.74 Å². The molecule has 4 heteroatoms. The van der Waals surface area contributed by atoms with Crippen molar-refractivity contribution in [2.24, 2.45) is 7.05 Å². The lowest BCUT2D eigenvalue weighted by Crippen LogP contribution is -2.16. The fraction of sp³-hybridized carbons (Fsp3) is 0.400. The summed E-state index contributed by atoms with van der Waals surface area (Å²) < 4.78 is 7.76. The maximum atomic E-state index is 6.01. The third-order valence-electron chi connectivity index (χ3n) is 3.22. The summed E-state index contributed by atoms with van der Waals surface area (Å²) in [5.41, 5.74) is 2.13. The molecule has 0 saturated carbocycles. The second kappa shape index (κ2) is 5.89. The molecule has 1 aromatic heterocycles. The number of ether oxygens (including phenoxy) is 1. The van der Waals surface area contributed by atoms with Crippen LogP contribution < -0.4 is 10.1 Å². The minimum Gasteiger partial charge on any atom is -0.439 e. The minimum absolute atomic E-state index is 0.297. The predicted molar refractivity (Wildman–Crippen MR) is 76.6 cm³/mol. The van der Waals surface area contributed by atoms with Gasteiger partial charge in [0.05, 0.1) is 5.69 Å². The number of benzene rings is 1. The molecular weight excluding hydrogens is 238 g/mol. The van der Waals surface area contributed by atoms with E-state index in [1.165, 1.54) is 5.56 Å². The number of nitrogens with zero attached hydrogens (tertiary/aromatic N) is 2. The molecule has 0 aliphatic rings. The molecule has 102 valence electrons. The molecular formula is C15H21N3O. The molecule has 1 aromatic carbocycles. The highest BCUT2D eigenvalue weighted by Crippen LogP contribution is 2.30. The van der Waals surface area contributed by atoms with Crippen molar-refractivity contribution in [2.75, 3.05) is 7.05 Å². The molecule has 4 nitrogen and oxygen atoms in total. The number of hydrogen-bond acceptors (Lipinski definition) is 3. The molecule has 0 amide bonds. The Morgan fingerprint density at radius 1 is 1.37 bits per heavy atom. The lowest BCUT2D eigenvalue weighted by molar-refractivity contribution is 0.416. The van der Waals surface area contributed by atoms with Crippen molar-refractivity contribution in [2.45, 2.75) is 26.3 Å². The topological polar surface area (TPSA) is 39.1 Å². The fourth-order valence-electron chi connectivity index (χ4n) is 2.24. The van der Waals surface area contributed by atoms with Crippen molar-refractivity contribution in [1.29, 1.82) is 0 Å². The summed E-state index contributed by atoms with van der Waals surface area (Å²) in [6.07, 6.45) is 1.02. The van der Waals surface area contributed by atoms with Crippen LogP contribution >= 0.6 is 0 Å². The smallest absolute Gasteiger partial charge is 0.217 e. The van der Waals surface area contributed by atoms with E-state index in [0.29, 0.717) is 6.04 Å². The van der Waals surface area contributed by atoms with Gasteiger partial charge in [0.15, 0.2) is 0 Å². The molecule has 1 atom stereocenters. The molecule has 1 heterocycles. The molecule has 0 bridgehead atoms. The summed E-state index contributed by atoms with van der Waals surface area (Å²) in [4.78, 5) is 0. The van der Waals surface area contributed by atoms with Gasteiger partial charge in [-0.1, -0.05) is 25.1 Å². The summed E-state index contributed by atoms with van der Waals surface area (Å²) in [6, 6.07) is 10.4. The fourth-order valence-corrected chi connectivity index (χ4v) is 2.24. The van der Waals surface area contributed by atoms with Crippen LogP contribution in [0.2, 0.25) is 0 Å². The van der Waals surface area contributed by atoms with Crippen molar-refractivity contribution in [3.8, 4) is 11.6 Å². The third-order valence-corrected chi connectivity index (χ3v) is 3.22. The number of hydrogen-bond donors (Lipinski definition) is 1. The van der Waals surface area contributed by atoms with Crippen molar-refractivity contribution in [1.82, 2.24) is 15.1 Å². The number of rotatable bonds is 5. The number of aryl methyl sites for hydroxylation is 2. The van der Waals surface area contributed by atoms with Crippen molar-refractivity contribution in [3.05, 3.63) is 41.6 Å². The average Bonchev–Trinajstić information content (AvgIpc) is 2.71. The first-order valence-electron chi connectivity index (χ1n) is 6.60. The number of para-hydroxylation sites is 1. The van der Waals surface area contributed by atoms with E-state index in [0.717, 1.165) is 23.7 Å². The van der Waals surface area contributed by atoms with Crippen LogP contribution in [0.1, 0.15) is 30.6 Å². The zero-order chi connectivity index (χ0) is 13.8. The lowest BCUT2D eigenvalue weighted by atomic mass is 10.0. The molecule has 1 N–H and O–H groups in total. The van der Waals surface area contributed by atoms with E-state index in [1.807, 2.05) is 45.3 Å². The zero-order valence-corrected chi connectivity index (χ0v) is 12.0. The van der Waals surface area contributed by atoms with Gasteiger partial charge in [-0.3, -0.25) is 0 Å². The molecule has 0 aliphatic carbocycles. The Hall–Kier alpha value is -1.81.